The quantitative estimate of drug-likeness (QED) is 0.442. The van der Waals surface area contributed by atoms with Crippen LogP contribution in [0, 0.1) is 5.92 Å². The van der Waals surface area contributed by atoms with Gasteiger partial charge in [0.2, 0.25) is 11.9 Å². The summed E-state index contributed by atoms with van der Waals surface area (Å²) < 4.78 is 19.3. The van der Waals surface area contributed by atoms with Crippen molar-refractivity contribution in [3.8, 4) is 0 Å². The summed E-state index contributed by atoms with van der Waals surface area (Å²) in [5.74, 6) is -0.598. The number of amides is 1. The molecule has 5 rings (SSSR count). The lowest BCUT2D eigenvalue weighted by Crippen LogP contribution is -2.65. The minimum Gasteiger partial charge on any atom is -0.467 e. The van der Waals surface area contributed by atoms with Gasteiger partial charge in [-0.1, -0.05) is 24.3 Å². The second-order valence-electron chi connectivity index (χ2n) is 8.17. The number of para-hydroxylation sites is 1. The Morgan fingerprint density at radius 1 is 1.30 bits per heavy atom. The molecule has 2 aromatic rings. The zero-order chi connectivity index (χ0) is 21.0. The van der Waals surface area contributed by atoms with E-state index in [-0.39, 0.29) is 17.9 Å². The van der Waals surface area contributed by atoms with Gasteiger partial charge in [-0.05, 0) is 37.0 Å². The fourth-order valence-corrected chi connectivity index (χ4v) is 5.95. The van der Waals surface area contributed by atoms with Crippen molar-refractivity contribution in [3.63, 3.8) is 0 Å². The summed E-state index contributed by atoms with van der Waals surface area (Å²) in [6, 6.07) is 8.00. The number of methoxy groups -OCH3 is 2. The number of rotatable bonds is 3. The van der Waals surface area contributed by atoms with Crippen molar-refractivity contribution in [1.29, 1.82) is 0 Å². The second kappa shape index (κ2) is 6.96. The summed E-state index contributed by atoms with van der Waals surface area (Å²) in [5, 5.41) is 1.11. The summed E-state index contributed by atoms with van der Waals surface area (Å²) >= 11 is 0. The minimum absolute atomic E-state index is 0.105. The van der Waals surface area contributed by atoms with Gasteiger partial charge in [0.25, 0.3) is 0 Å². The van der Waals surface area contributed by atoms with Crippen molar-refractivity contribution in [2.45, 2.75) is 37.6 Å². The maximum Gasteiger partial charge on any atom is 0.338 e. The fraction of sp³-hybridized carbons (Fsp3) is 0.478. The Balaban J connectivity index is 1.93. The largest absolute Gasteiger partial charge is 0.467 e. The molecule has 30 heavy (non-hydrogen) atoms. The molecule has 0 bridgehead atoms. The molecule has 0 aliphatic carbocycles. The monoisotopic (exact) mass is 410 g/mol. The first-order chi connectivity index (χ1) is 14.6. The Kier molecular flexibility index (Phi) is 4.48. The van der Waals surface area contributed by atoms with Gasteiger partial charge in [-0.25, -0.2) is 4.79 Å². The molecule has 1 aromatic heterocycles. The lowest BCUT2D eigenvalue weighted by atomic mass is 9.68. The lowest BCUT2D eigenvalue weighted by molar-refractivity contribution is -0.230. The molecule has 4 heterocycles. The van der Waals surface area contributed by atoms with Crippen molar-refractivity contribution in [2.75, 3.05) is 27.4 Å². The molecule has 1 aromatic carbocycles. The molecule has 0 radical (unpaired) electrons. The van der Waals surface area contributed by atoms with E-state index < -0.39 is 11.8 Å². The molecule has 7 heteroatoms. The maximum atomic E-state index is 13.6. The third-order valence-corrected chi connectivity index (χ3v) is 7.16. The highest BCUT2D eigenvalue weighted by Crippen LogP contribution is 2.56. The van der Waals surface area contributed by atoms with Crippen molar-refractivity contribution in [2.24, 2.45) is 5.92 Å². The van der Waals surface area contributed by atoms with E-state index in [4.69, 9.17) is 14.2 Å². The van der Waals surface area contributed by atoms with Gasteiger partial charge in [0.1, 0.15) is 0 Å². The zero-order valence-electron chi connectivity index (χ0n) is 17.5. The first-order valence-corrected chi connectivity index (χ1v) is 10.3. The number of fused-ring (bicyclic) bond motifs is 5. The molecule has 7 nitrogen and oxygen atoms in total. The number of carbonyl (C=O) groups is 2. The standard InChI is InChI=1S/C23H26N2O5/c1-4-14-12-30-22(29-3)23(21(27)28-2)17(14)11-19-20-16(9-10-24(19)13-26)15-7-5-6-8-18(15)25(20)23/h4-8,13,17,19,22H,9-12H2,1-3H3/b14-4+. The van der Waals surface area contributed by atoms with Crippen LogP contribution in [-0.4, -0.2) is 55.5 Å². The molecule has 1 amide bonds. The number of allylic oxidation sites excluding steroid dienone is 1. The smallest absolute Gasteiger partial charge is 0.338 e. The van der Waals surface area contributed by atoms with Crippen LogP contribution >= 0.6 is 0 Å². The van der Waals surface area contributed by atoms with Crippen LogP contribution in [0.15, 0.2) is 35.9 Å². The highest BCUT2D eigenvalue weighted by Gasteiger charge is 2.64. The van der Waals surface area contributed by atoms with Crippen molar-refractivity contribution >= 4 is 23.3 Å². The molecular formula is C23H26N2O5. The SMILES string of the molecule is C/C=C1\COC(OC)C2(C(=O)OC)C1CC1c3c(c4ccccc4n32)CCN1C=O. The van der Waals surface area contributed by atoms with Crippen LogP contribution in [0.2, 0.25) is 0 Å². The van der Waals surface area contributed by atoms with Gasteiger partial charge in [0, 0.05) is 36.2 Å². The Morgan fingerprint density at radius 2 is 2.10 bits per heavy atom. The summed E-state index contributed by atoms with van der Waals surface area (Å²) in [5.41, 5.74) is 2.96. The summed E-state index contributed by atoms with van der Waals surface area (Å²) in [4.78, 5) is 27.4. The van der Waals surface area contributed by atoms with Crippen LogP contribution in [0.3, 0.4) is 0 Å². The van der Waals surface area contributed by atoms with Gasteiger partial charge in [-0.3, -0.25) is 4.79 Å². The third-order valence-electron chi connectivity index (χ3n) is 7.16. The Labute approximate surface area is 175 Å². The molecule has 0 saturated carbocycles. The summed E-state index contributed by atoms with van der Waals surface area (Å²) in [7, 11) is 2.97. The average molecular weight is 410 g/mol. The van der Waals surface area contributed by atoms with E-state index in [0.717, 1.165) is 35.0 Å². The molecule has 4 atom stereocenters. The van der Waals surface area contributed by atoms with Gasteiger partial charge in [0.05, 0.1) is 19.8 Å². The lowest BCUT2D eigenvalue weighted by Gasteiger charge is -2.54. The van der Waals surface area contributed by atoms with Crippen LogP contribution < -0.4 is 0 Å². The zero-order valence-corrected chi connectivity index (χ0v) is 17.5. The van der Waals surface area contributed by atoms with Crippen LogP contribution in [0.25, 0.3) is 10.9 Å². The van der Waals surface area contributed by atoms with E-state index in [1.165, 1.54) is 12.7 Å². The van der Waals surface area contributed by atoms with Crippen LogP contribution in [0.4, 0.5) is 0 Å². The number of nitrogens with zero attached hydrogens (tertiary/aromatic N) is 2. The molecule has 4 unspecified atom stereocenters. The predicted molar refractivity (Wildman–Crippen MR) is 110 cm³/mol. The maximum absolute atomic E-state index is 13.6. The van der Waals surface area contributed by atoms with E-state index in [9.17, 15) is 9.59 Å². The van der Waals surface area contributed by atoms with Gasteiger partial charge < -0.3 is 23.7 Å². The van der Waals surface area contributed by atoms with Crippen molar-refractivity contribution in [1.82, 2.24) is 9.47 Å². The van der Waals surface area contributed by atoms with Crippen LogP contribution in [-0.2, 0) is 35.8 Å². The Bertz CT molecular complexity index is 1060. The second-order valence-corrected chi connectivity index (χ2v) is 8.17. The number of aromatic nitrogens is 1. The van der Waals surface area contributed by atoms with Gasteiger partial charge in [-0.2, -0.15) is 0 Å². The summed E-state index contributed by atoms with van der Waals surface area (Å²) in [6.45, 7) is 3.01. The van der Waals surface area contributed by atoms with Crippen molar-refractivity contribution in [3.05, 3.63) is 47.2 Å². The Morgan fingerprint density at radius 3 is 2.80 bits per heavy atom. The molecule has 1 saturated heterocycles. The van der Waals surface area contributed by atoms with Gasteiger partial charge in [0.15, 0.2) is 6.29 Å². The molecule has 3 aliphatic heterocycles. The van der Waals surface area contributed by atoms with Crippen molar-refractivity contribution < 1.29 is 23.8 Å². The minimum atomic E-state index is -1.20. The third kappa shape index (κ3) is 2.22. The first kappa shape index (κ1) is 19.3. The number of ether oxygens (including phenoxy) is 3. The predicted octanol–water partition coefficient (Wildman–Crippen LogP) is 2.53. The van der Waals surface area contributed by atoms with Crippen LogP contribution in [0.1, 0.15) is 30.6 Å². The normalized spacial score (nSPS) is 31.4. The van der Waals surface area contributed by atoms with E-state index in [0.29, 0.717) is 19.6 Å². The van der Waals surface area contributed by atoms with Crippen LogP contribution in [0.5, 0.6) is 0 Å². The topological polar surface area (TPSA) is 70.0 Å². The number of carbonyl (C=O) groups excluding carboxylic acids is 2. The van der Waals surface area contributed by atoms with E-state index in [1.54, 1.807) is 7.11 Å². The highest BCUT2D eigenvalue weighted by atomic mass is 16.7. The molecule has 1 fully saturated rings. The molecule has 158 valence electrons. The van der Waals surface area contributed by atoms with E-state index >= 15 is 0 Å². The molecule has 0 N–H and O–H groups in total. The van der Waals surface area contributed by atoms with E-state index in [1.807, 2.05) is 36.1 Å². The molecule has 0 spiro atoms. The van der Waals surface area contributed by atoms with Gasteiger partial charge in [-0.15, -0.1) is 0 Å². The molecular weight excluding hydrogens is 384 g/mol. The summed E-state index contributed by atoms with van der Waals surface area (Å²) in [6.07, 6.45) is 3.52. The number of hydrogen-bond acceptors (Lipinski definition) is 5. The first-order valence-electron chi connectivity index (χ1n) is 10.3. The average Bonchev–Trinajstić information content (AvgIpc) is 3.14. The number of esters is 1. The van der Waals surface area contributed by atoms with Gasteiger partial charge >= 0.3 is 5.97 Å². The fourth-order valence-electron chi connectivity index (χ4n) is 5.95. The number of hydrogen-bond donors (Lipinski definition) is 0. The Hall–Kier alpha value is -2.64. The highest BCUT2D eigenvalue weighted by molar-refractivity contribution is 5.91. The number of benzene rings is 1. The van der Waals surface area contributed by atoms with E-state index in [2.05, 4.69) is 10.6 Å². The molecule has 3 aliphatic rings.